The first-order chi connectivity index (χ1) is 17.7. The van der Waals surface area contributed by atoms with Gasteiger partial charge in [-0.2, -0.15) is 4.52 Å². The lowest BCUT2D eigenvalue weighted by Crippen LogP contribution is -2.11. The van der Waals surface area contributed by atoms with E-state index in [1.165, 1.54) is 0 Å². The van der Waals surface area contributed by atoms with Gasteiger partial charge in [-0.05, 0) is 41.8 Å². The summed E-state index contributed by atoms with van der Waals surface area (Å²) in [7, 11) is 3.19. The van der Waals surface area contributed by atoms with Crippen molar-refractivity contribution >= 4 is 17.4 Å². The summed E-state index contributed by atoms with van der Waals surface area (Å²) < 4.78 is 17.7. The molecule has 0 saturated carbocycles. The van der Waals surface area contributed by atoms with E-state index >= 15 is 0 Å². The van der Waals surface area contributed by atoms with Crippen LogP contribution in [-0.2, 0) is 13.0 Å². The summed E-state index contributed by atoms with van der Waals surface area (Å²) in [5.74, 6) is 2.56. The summed E-state index contributed by atoms with van der Waals surface area (Å²) in [6.45, 7) is 0.444. The minimum atomic E-state index is -0.0545. The van der Waals surface area contributed by atoms with Gasteiger partial charge in [-0.25, -0.2) is 9.97 Å². The number of hydrogen-bond acceptors (Lipinski definition) is 8. The Labute approximate surface area is 207 Å². The van der Waals surface area contributed by atoms with Gasteiger partial charge in [0, 0.05) is 19.2 Å². The predicted molar refractivity (Wildman–Crippen MR) is 134 cm³/mol. The van der Waals surface area contributed by atoms with Gasteiger partial charge in [-0.3, -0.25) is 4.79 Å². The number of ketones is 1. The molecular weight excluding hydrogens is 458 g/mol. The number of carbonyl (C=O) groups excluding carboxylic acids is 1. The predicted octanol–water partition coefficient (Wildman–Crippen LogP) is 4.83. The van der Waals surface area contributed by atoms with Crippen LogP contribution in [0.25, 0.3) is 17.2 Å². The monoisotopic (exact) mass is 483 g/mol. The number of carbonyl (C=O) groups is 1. The molecule has 5 rings (SSSR count). The Hall–Kier alpha value is -4.66. The molecule has 182 valence electrons. The van der Waals surface area contributed by atoms with Crippen molar-refractivity contribution in [1.29, 1.82) is 0 Å². The van der Waals surface area contributed by atoms with Gasteiger partial charge < -0.3 is 19.2 Å². The standard InChI is InChI=1S/C27H25N5O4/c1-34-22-13-11-19(15-24(22)35-2)16-28-27-29-17-20(21(33)12-10-18-7-4-3-5-8-18)26-30-25(31-32(26)27)23-9-6-14-36-23/h3-9,11,13-15,17H,10,12,16H2,1-2H3,(H,28,29). The molecule has 0 saturated heterocycles. The van der Waals surface area contributed by atoms with Crippen molar-refractivity contribution in [2.24, 2.45) is 0 Å². The first kappa shape index (κ1) is 23.1. The number of ether oxygens (including phenoxy) is 2. The van der Waals surface area contributed by atoms with Gasteiger partial charge in [0.1, 0.15) is 0 Å². The zero-order valence-electron chi connectivity index (χ0n) is 20.0. The van der Waals surface area contributed by atoms with Gasteiger partial charge in [-0.15, -0.1) is 5.10 Å². The SMILES string of the molecule is COc1ccc(CNc2ncc(C(=O)CCc3ccccc3)c3nc(-c4ccco4)nn23)cc1OC. The van der Waals surface area contributed by atoms with Crippen LogP contribution in [0.2, 0.25) is 0 Å². The second-order valence-electron chi connectivity index (χ2n) is 8.10. The molecule has 3 heterocycles. The molecule has 0 aliphatic rings. The molecule has 1 N–H and O–H groups in total. The maximum absolute atomic E-state index is 13.2. The third-order valence-electron chi connectivity index (χ3n) is 5.79. The number of rotatable bonds is 10. The van der Waals surface area contributed by atoms with Crippen LogP contribution >= 0.6 is 0 Å². The third-order valence-corrected chi connectivity index (χ3v) is 5.79. The van der Waals surface area contributed by atoms with E-state index < -0.39 is 0 Å². The van der Waals surface area contributed by atoms with E-state index in [9.17, 15) is 4.79 Å². The van der Waals surface area contributed by atoms with Crippen LogP contribution < -0.4 is 14.8 Å². The molecule has 9 nitrogen and oxygen atoms in total. The van der Waals surface area contributed by atoms with Crippen molar-refractivity contribution in [3.8, 4) is 23.1 Å². The van der Waals surface area contributed by atoms with E-state index in [4.69, 9.17) is 13.9 Å². The van der Waals surface area contributed by atoms with E-state index in [1.54, 1.807) is 43.3 Å². The molecule has 0 unspecified atom stereocenters. The highest BCUT2D eigenvalue weighted by molar-refractivity contribution is 6.01. The normalized spacial score (nSPS) is 10.9. The molecule has 5 aromatic rings. The Bertz CT molecular complexity index is 1480. The summed E-state index contributed by atoms with van der Waals surface area (Å²) in [5.41, 5.74) is 2.88. The number of aromatic nitrogens is 4. The summed E-state index contributed by atoms with van der Waals surface area (Å²) >= 11 is 0. The lowest BCUT2D eigenvalue weighted by atomic mass is 10.0. The van der Waals surface area contributed by atoms with Crippen molar-refractivity contribution in [2.75, 3.05) is 19.5 Å². The van der Waals surface area contributed by atoms with Gasteiger partial charge in [0.2, 0.25) is 11.8 Å². The van der Waals surface area contributed by atoms with E-state index in [0.29, 0.717) is 59.6 Å². The first-order valence-corrected chi connectivity index (χ1v) is 11.5. The number of anilines is 1. The number of benzene rings is 2. The summed E-state index contributed by atoms with van der Waals surface area (Å²) in [6.07, 6.45) is 4.08. The second-order valence-corrected chi connectivity index (χ2v) is 8.10. The number of fused-ring (bicyclic) bond motifs is 1. The molecular formula is C27H25N5O4. The van der Waals surface area contributed by atoms with Crippen LogP contribution in [0, 0.1) is 0 Å². The highest BCUT2D eigenvalue weighted by atomic mass is 16.5. The number of hydrogen-bond donors (Lipinski definition) is 1. The van der Waals surface area contributed by atoms with Gasteiger partial charge in [0.15, 0.2) is 28.7 Å². The lowest BCUT2D eigenvalue weighted by molar-refractivity contribution is 0.0983. The van der Waals surface area contributed by atoms with E-state index in [1.807, 2.05) is 48.5 Å². The fraction of sp³-hybridized carbons (Fsp3) is 0.185. The Morgan fingerprint density at radius 2 is 1.83 bits per heavy atom. The summed E-state index contributed by atoms with van der Waals surface area (Å²) in [5, 5.41) is 7.87. The molecule has 36 heavy (non-hydrogen) atoms. The molecule has 0 radical (unpaired) electrons. The number of furan rings is 1. The fourth-order valence-electron chi connectivity index (χ4n) is 3.91. The van der Waals surface area contributed by atoms with Crippen LogP contribution in [0.3, 0.4) is 0 Å². The Kier molecular flexibility index (Phi) is 6.61. The first-order valence-electron chi connectivity index (χ1n) is 11.5. The molecule has 9 heteroatoms. The van der Waals surface area contributed by atoms with E-state index in [-0.39, 0.29) is 5.78 Å². The highest BCUT2D eigenvalue weighted by Gasteiger charge is 2.20. The van der Waals surface area contributed by atoms with Crippen molar-refractivity contribution in [1.82, 2.24) is 19.6 Å². The highest BCUT2D eigenvalue weighted by Crippen LogP contribution is 2.28. The average molecular weight is 484 g/mol. The maximum atomic E-state index is 13.2. The molecule has 0 aliphatic carbocycles. The molecule has 3 aromatic heterocycles. The van der Waals surface area contributed by atoms with E-state index in [2.05, 4.69) is 20.4 Å². The number of methoxy groups -OCH3 is 2. The van der Waals surface area contributed by atoms with Crippen molar-refractivity contribution in [2.45, 2.75) is 19.4 Å². The van der Waals surface area contributed by atoms with Gasteiger partial charge in [-0.1, -0.05) is 36.4 Å². The zero-order chi connectivity index (χ0) is 24.9. The van der Waals surface area contributed by atoms with Crippen LogP contribution in [-0.4, -0.2) is 39.6 Å². The maximum Gasteiger partial charge on any atom is 0.226 e. The van der Waals surface area contributed by atoms with Crippen LogP contribution in [0.1, 0.15) is 27.9 Å². The fourth-order valence-corrected chi connectivity index (χ4v) is 3.91. The topological polar surface area (TPSA) is 104 Å². The van der Waals surface area contributed by atoms with Crippen molar-refractivity contribution < 1.29 is 18.7 Å². The largest absolute Gasteiger partial charge is 0.493 e. The Balaban J connectivity index is 1.44. The van der Waals surface area contributed by atoms with Gasteiger partial charge in [0.05, 0.1) is 26.0 Å². The minimum absolute atomic E-state index is 0.0545. The molecule has 0 aliphatic heterocycles. The van der Waals surface area contributed by atoms with Gasteiger partial charge >= 0.3 is 0 Å². The molecule has 0 fully saturated rings. The van der Waals surface area contributed by atoms with Crippen molar-refractivity contribution in [3.05, 3.63) is 89.8 Å². The van der Waals surface area contributed by atoms with Crippen molar-refractivity contribution in [3.63, 3.8) is 0 Å². The van der Waals surface area contributed by atoms with Crippen LogP contribution in [0.4, 0.5) is 5.95 Å². The molecule has 2 aromatic carbocycles. The van der Waals surface area contributed by atoms with Gasteiger partial charge in [0.25, 0.3) is 0 Å². The lowest BCUT2D eigenvalue weighted by Gasteiger charge is -2.11. The number of nitrogens with zero attached hydrogens (tertiary/aromatic N) is 4. The second kappa shape index (κ2) is 10.3. The molecule has 0 bridgehead atoms. The quantitative estimate of drug-likeness (QED) is 0.282. The molecule has 0 atom stereocenters. The molecule has 0 amide bonds. The number of nitrogens with one attached hydrogen (secondary N) is 1. The molecule has 0 spiro atoms. The van der Waals surface area contributed by atoms with E-state index in [0.717, 1.165) is 11.1 Å². The Morgan fingerprint density at radius 3 is 2.58 bits per heavy atom. The third kappa shape index (κ3) is 4.76. The summed E-state index contributed by atoms with van der Waals surface area (Å²) in [4.78, 5) is 22.3. The Morgan fingerprint density at radius 1 is 1.00 bits per heavy atom. The number of aryl methyl sites for hydroxylation is 1. The minimum Gasteiger partial charge on any atom is -0.493 e. The smallest absolute Gasteiger partial charge is 0.226 e. The van der Waals surface area contributed by atoms with Crippen LogP contribution in [0.5, 0.6) is 11.5 Å². The summed E-state index contributed by atoms with van der Waals surface area (Å²) in [6, 6.07) is 19.1. The zero-order valence-corrected chi connectivity index (χ0v) is 20.0. The number of Topliss-reactive ketones (excluding diaryl/α,β-unsaturated/α-hetero) is 1. The van der Waals surface area contributed by atoms with Crippen LogP contribution in [0.15, 0.2) is 77.5 Å². The average Bonchev–Trinajstić information content (AvgIpc) is 3.61.